The predicted octanol–water partition coefficient (Wildman–Crippen LogP) is 3.20. The summed E-state index contributed by atoms with van der Waals surface area (Å²) in [4.78, 5) is 12.2. The van der Waals surface area contributed by atoms with Crippen LogP contribution in [0.25, 0.3) is 11.5 Å². The summed E-state index contributed by atoms with van der Waals surface area (Å²) in [5, 5.41) is 10.5. The van der Waals surface area contributed by atoms with Gasteiger partial charge in [-0.05, 0) is 42.5 Å². The van der Waals surface area contributed by atoms with E-state index in [1.165, 1.54) is 19.2 Å². The molecule has 0 unspecified atom stereocenters. The third-order valence-corrected chi connectivity index (χ3v) is 5.73. The van der Waals surface area contributed by atoms with Crippen molar-refractivity contribution in [2.24, 2.45) is 0 Å². The van der Waals surface area contributed by atoms with Crippen LogP contribution in [-0.2, 0) is 14.6 Å². The minimum absolute atomic E-state index is 0.113. The lowest BCUT2D eigenvalue weighted by atomic mass is 10.2. The highest BCUT2D eigenvalue weighted by molar-refractivity contribution is 7.91. The molecular formula is C18H16ClN3O5S. The molecule has 8 nitrogen and oxygen atoms in total. The van der Waals surface area contributed by atoms with Gasteiger partial charge in [0.25, 0.3) is 0 Å². The van der Waals surface area contributed by atoms with Gasteiger partial charge < -0.3 is 9.15 Å². The zero-order valence-electron chi connectivity index (χ0n) is 14.8. The number of sulfone groups is 1. The van der Waals surface area contributed by atoms with Crippen LogP contribution in [0.15, 0.2) is 57.8 Å². The number of anilines is 1. The highest BCUT2D eigenvalue weighted by Gasteiger charge is 2.18. The number of benzene rings is 2. The third kappa shape index (κ3) is 4.87. The second kappa shape index (κ2) is 8.41. The first kappa shape index (κ1) is 19.8. The van der Waals surface area contributed by atoms with Gasteiger partial charge in [-0.3, -0.25) is 10.1 Å². The number of methoxy groups -OCH3 is 1. The lowest BCUT2D eigenvalue weighted by molar-refractivity contribution is -0.115. The van der Waals surface area contributed by atoms with Crippen molar-refractivity contribution in [3.05, 3.63) is 53.6 Å². The molecule has 0 saturated heterocycles. The van der Waals surface area contributed by atoms with Crippen LogP contribution < -0.4 is 10.1 Å². The van der Waals surface area contributed by atoms with Gasteiger partial charge in [-0.25, -0.2) is 8.42 Å². The van der Waals surface area contributed by atoms with Crippen molar-refractivity contribution in [3.63, 3.8) is 0 Å². The first-order chi connectivity index (χ1) is 13.4. The SMILES string of the molecule is COc1ccc(S(=O)(=O)CCC(=O)Nc2nnc(-c3cccc(Cl)c3)o2)cc1. The minimum atomic E-state index is -3.61. The largest absolute Gasteiger partial charge is 0.497 e. The maximum atomic E-state index is 12.3. The molecule has 3 aromatic rings. The van der Waals surface area contributed by atoms with E-state index in [2.05, 4.69) is 15.5 Å². The number of hydrogen-bond donors (Lipinski definition) is 1. The molecule has 0 aliphatic carbocycles. The maximum absolute atomic E-state index is 12.3. The van der Waals surface area contributed by atoms with Crippen molar-refractivity contribution in [3.8, 4) is 17.2 Å². The number of amides is 1. The molecule has 0 aliphatic rings. The summed E-state index contributed by atoms with van der Waals surface area (Å²) in [6.45, 7) is 0. The molecule has 0 saturated carbocycles. The fourth-order valence-corrected chi connectivity index (χ4v) is 3.75. The number of nitrogens with zero attached hydrogens (tertiary/aromatic N) is 2. The Kier molecular flexibility index (Phi) is 5.96. The van der Waals surface area contributed by atoms with Crippen LogP contribution in [0.4, 0.5) is 6.01 Å². The van der Waals surface area contributed by atoms with Gasteiger partial charge in [0.05, 0.1) is 17.8 Å². The van der Waals surface area contributed by atoms with Gasteiger partial charge in [0.2, 0.25) is 11.8 Å². The van der Waals surface area contributed by atoms with Gasteiger partial charge in [-0.1, -0.05) is 22.8 Å². The molecule has 0 aliphatic heterocycles. The van der Waals surface area contributed by atoms with E-state index in [4.69, 9.17) is 20.8 Å². The summed E-state index contributed by atoms with van der Waals surface area (Å²) in [5.74, 6) is -0.189. The van der Waals surface area contributed by atoms with Crippen LogP contribution in [0.5, 0.6) is 5.75 Å². The average Bonchev–Trinajstić information content (AvgIpc) is 3.15. The first-order valence-corrected chi connectivity index (χ1v) is 10.2. The van der Waals surface area contributed by atoms with E-state index in [0.717, 1.165) is 0 Å². The van der Waals surface area contributed by atoms with Crippen LogP contribution in [0.3, 0.4) is 0 Å². The van der Waals surface area contributed by atoms with E-state index in [-0.39, 0.29) is 29.0 Å². The molecule has 0 atom stereocenters. The standard InChI is InChI=1S/C18H16ClN3O5S/c1-26-14-5-7-15(8-6-14)28(24,25)10-9-16(23)20-18-22-21-17(27-18)12-3-2-4-13(19)11-12/h2-8,11H,9-10H2,1H3,(H,20,22,23). The maximum Gasteiger partial charge on any atom is 0.322 e. The fourth-order valence-electron chi connectivity index (χ4n) is 2.32. The fraction of sp³-hybridized carbons (Fsp3) is 0.167. The van der Waals surface area contributed by atoms with Gasteiger partial charge in [-0.2, -0.15) is 0 Å². The lowest BCUT2D eigenvalue weighted by Gasteiger charge is -2.05. The van der Waals surface area contributed by atoms with Crippen LogP contribution in [-0.4, -0.2) is 37.4 Å². The summed E-state index contributed by atoms with van der Waals surface area (Å²) in [6, 6.07) is 12.6. The Bertz CT molecular complexity index is 1080. The van der Waals surface area contributed by atoms with Crippen LogP contribution >= 0.6 is 11.6 Å². The van der Waals surface area contributed by atoms with Crippen molar-refractivity contribution in [2.45, 2.75) is 11.3 Å². The van der Waals surface area contributed by atoms with E-state index in [1.807, 2.05) is 0 Å². The Labute approximate surface area is 166 Å². The molecule has 2 aromatic carbocycles. The summed E-state index contributed by atoms with van der Waals surface area (Å²) < 4.78 is 35.0. The smallest absolute Gasteiger partial charge is 0.322 e. The van der Waals surface area contributed by atoms with Gasteiger partial charge in [0.15, 0.2) is 9.84 Å². The van der Waals surface area contributed by atoms with Gasteiger partial charge in [0.1, 0.15) is 5.75 Å². The topological polar surface area (TPSA) is 111 Å². The highest BCUT2D eigenvalue weighted by atomic mass is 35.5. The van der Waals surface area contributed by atoms with E-state index >= 15 is 0 Å². The zero-order valence-corrected chi connectivity index (χ0v) is 16.3. The van der Waals surface area contributed by atoms with E-state index in [1.54, 1.807) is 36.4 Å². The lowest BCUT2D eigenvalue weighted by Crippen LogP contribution is -2.17. The summed E-state index contributed by atoms with van der Waals surface area (Å²) in [6.07, 6.45) is -0.261. The summed E-state index contributed by atoms with van der Waals surface area (Å²) in [5.41, 5.74) is 0.600. The first-order valence-electron chi connectivity index (χ1n) is 8.13. The molecule has 3 rings (SSSR count). The number of ether oxygens (including phenoxy) is 1. The molecule has 1 heterocycles. The molecule has 0 radical (unpaired) electrons. The second-order valence-corrected chi connectivity index (χ2v) is 8.26. The van der Waals surface area contributed by atoms with E-state index in [9.17, 15) is 13.2 Å². The van der Waals surface area contributed by atoms with Gasteiger partial charge >= 0.3 is 6.01 Å². The number of aromatic nitrogens is 2. The third-order valence-electron chi connectivity index (χ3n) is 3.76. The molecule has 146 valence electrons. The zero-order chi connectivity index (χ0) is 20.1. The van der Waals surface area contributed by atoms with Crippen LogP contribution in [0.1, 0.15) is 6.42 Å². The Morgan fingerprint density at radius 3 is 2.61 bits per heavy atom. The highest BCUT2D eigenvalue weighted by Crippen LogP contribution is 2.23. The predicted molar refractivity (Wildman–Crippen MR) is 103 cm³/mol. The van der Waals surface area contributed by atoms with E-state index in [0.29, 0.717) is 16.3 Å². The number of halogens is 1. The van der Waals surface area contributed by atoms with E-state index < -0.39 is 15.7 Å². The van der Waals surface area contributed by atoms with Crippen LogP contribution in [0.2, 0.25) is 5.02 Å². The van der Waals surface area contributed by atoms with Gasteiger partial charge in [-0.15, -0.1) is 5.10 Å². The van der Waals surface area contributed by atoms with Crippen molar-refractivity contribution in [1.29, 1.82) is 0 Å². The molecule has 1 N–H and O–H groups in total. The Morgan fingerprint density at radius 1 is 1.18 bits per heavy atom. The Hall–Kier alpha value is -2.91. The van der Waals surface area contributed by atoms with Crippen LogP contribution in [0, 0.1) is 0 Å². The molecular weight excluding hydrogens is 406 g/mol. The number of carbonyl (C=O) groups excluding carboxylic acids is 1. The normalized spacial score (nSPS) is 11.2. The molecule has 28 heavy (non-hydrogen) atoms. The molecule has 0 spiro atoms. The molecule has 10 heteroatoms. The number of nitrogens with one attached hydrogen (secondary N) is 1. The van der Waals surface area contributed by atoms with Gasteiger partial charge in [0, 0.05) is 17.0 Å². The Morgan fingerprint density at radius 2 is 1.93 bits per heavy atom. The number of carbonyl (C=O) groups is 1. The number of rotatable bonds is 7. The second-order valence-electron chi connectivity index (χ2n) is 5.72. The summed E-state index contributed by atoms with van der Waals surface area (Å²) in [7, 11) is -2.12. The molecule has 0 bridgehead atoms. The molecule has 0 fully saturated rings. The quantitative estimate of drug-likeness (QED) is 0.623. The molecule has 1 aromatic heterocycles. The van der Waals surface area contributed by atoms with Crippen molar-refractivity contribution in [2.75, 3.05) is 18.2 Å². The van der Waals surface area contributed by atoms with Crippen molar-refractivity contribution < 1.29 is 22.4 Å². The minimum Gasteiger partial charge on any atom is -0.497 e. The summed E-state index contributed by atoms with van der Waals surface area (Å²) >= 11 is 5.91. The Balaban J connectivity index is 1.59. The number of hydrogen-bond acceptors (Lipinski definition) is 7. The van der Waals surface area contributed by atoms with Crippen molar-refractivity contribution >= 4 is 33.4 Å². The monoisotopic (exact) mass is 421 g/mol. The molecule has 1 amide bonds. The van der Waals surface area contributed by atoms with Crippen molar-refractivity contribution in [1.82, 2.24) is 10.2 Å². The average molecular weight is 422 g/mol.